The van der Waals surface area contributed by atoms with Crippen LogP contribution in [0.5, 0.6) is 5.75 Å². The molecule has 0 aliphatic carbocycles. The van der Waals surface area contributed by atoms with Gasteiger partial charge in [-0.05, 0) is 34.7 Å². The largest absolute Gasteiger partial charge is 0.464 e. The number of esters is 3. The first-order valence-corrected chi connectivity index (χ1v) is 9.38. The topological polar surface area (TPSA) is 97.4 Å². The average molecular weight is 492 g/mol. The normalized spacial score (nSPS) is 24.6. The summed E-state index contributed by atoms with van der Waals surface area (Å²) in [5, 5.41) is 0. The first kappa shape index (κ1) is 21.4. The molecule has 2 rings (SSSR count). The van der Waals surface area contributed by atoms with Crippen LogP contribution in [0.1, 0.15) is 27.2 Å². The Morgan fingerprint density at radius 1 is 1.07 bits per heavy atom. The summed E-state index contributed by atoms with van der Waals surface area (Å²) in [6.45, 7) is 3.59. The van der Waals surface area contributed by atoms with Gasteiger partial charge in [0.1, 0.15) is 24.6 Å². The number of hydrogen-bond acceptors (Lipinski definition) is 8. The van der Waals surface area contributed by atoms with Crippen molar-refractivity contribution in [3.63, 3.8) is 0 Å². The predicted octanol–water partition coefficient (Wildman–Crippen LogP) is 2.21. The van der Waals surface area contributed by atoms with E-state index >= 15 is 0 Å². The Bertz CT molecular complexity index is 692. The van der Waals surface area contributed by atoms with E-state index in [1.54, 1.807) is 6.07 Å². The van der Waals surface area contributed by atoms with Crippen LogP contribution in [0.4, 0.5) is 0 Å². The molecule has 1 aliphatic heterocycles. The van der Waals surface area contributed by atoms with Crippen molar-refractivity contribution in [3.8, 4) is 5.75 Å². The number of benzene rings is 1. The molecular weight excluding hydrogens is 471 g/mol. The molecule has 9 heteroatoms. The van der Waals surface area contributed by atoms with Gasteiger partial charge in [-0.3, -0.25) is 14.4 Å². The minimum atomic E-state index is -0.916. The molecule has 1 aliphatic rings. The number of carbonyl (C=O) groups is 3. The Morgan fingerprint density at radius 3 is 2.33 bits per heavy atom. The summed E-state index contributed by atoms with van der Waals surface area (Å²) < 4.78 is 28.2. The SMILES string of the molecule is CC(=O)OC[C@H]1O[C@H](Oc2ccccc2I)C[C@@H](OC(C)=O)[C@H]1OC(C)=O. The van der Waals surface area contributed by atoms with Gasteiger partial charge in [-0.2, -0.15) is 0 Å². The molecule has 8 nitrogen and oxygen atoms in total. The summed E-state index contributed by atoms with van der Waals surface area (Å²) in [6, 6.07) is 7.35. The lowest BCUT2D eigenvalue weighted by Crippen LogP contribution is -2.54. The van der Waals surface area contributed by atoms with Crippen molar-refractivity contribution in [3.05, 3.63) is 27.8 Å². The summed E-state index contributed by atoms with van der Waals surface area (Å²) >= 11 is 2.13. The van der Waals surface area contributed by atoms with Crippen LogP contribution in [0.15, 0.2) is 24.3 Å². The Hall–Kier alpha value is -1.88. The number of hydrogen-bond donors (Lipinski definition) is 0. The summed E-state index contributed by atoms with van der Waals surface area (Å²) in [4.78, 5) is 34.2. The van der Waals surface area contributed by atoms with Gasteiger partial charge >= 0.3 is 17.9 Å². The van der Waals surface area contributed by atoms with Crippen LogP contribution in [0, 0.1) is 3.57 Å². The second-order valence-electron chi connectivity index (χ2n) is 5.91. The molecule has 27 heavy (non-hydrogen) atoms. The van der Waals surface area contributed by atoms with E-state index in [0.29, 0.717) is 5.75 Å². The van der Waals surface area contributed by atoms with Crippen LogP contribution in [0.3, 0.4) is 0 Å². The molecule has 1 aromatic carbocycles. The highest BCUT2D eigenvalue weighted by molar-refractivity contribution is 14.1. The first-order chi connectivity index (χ1) is 12.8. The number of para-hydroxylation sites is 1. The van der Waals surface area contributed by atoms with Gasteiger partial charge in [0.05, 0.1) is 9.99 Å². The summed E-state index contributed by atoms with van der Waals surface area (Å²) in [7, 11) is 0. The number of rotatable bonds is 6. The molecule has 0 N–H and O–H groups in total. The molecule has 1 aromatic rings. The predicted molar refractivity (Wildman–Crippen MR) is 101 cm³/mol. The van der Waals surface area contributed by atoms with Crippen LogP contribution in [-0.4, -0.2) is 49.1 Å². The lowest BCUT2D eigenvalue weighted by atomic mass is 10.0. The monoisotopic (exact) mass is 492 g/mol. The summed E-state index contributed by atoms with van der Waals surface area (Å²) in [5.41, 5.74) is 0. The highest BCUT2D eigenvalue weighted by atomic mass is 127. The zero-order valence-corrected chi connectivity index (χ0v) is 17.3. The summed E-state index contributed by atoms with van der Waals surface area (Å²) in [6.07, 6.45) is -3.19. The Labute approximate surface area is 170 Å². The molecule has 4 atom stereocenters. The van der Waals surface area contributed by atoms with Crippen molar-refractivity contribution < 1.29 is 38.1 Å². The zero-order chi connectivity index (χ0) is 20.0. The Morgan fingerprint density at radius 2 is 1.74 bits per heavy atom. The Kier molecular flexibility index (Phi) is 7.84. The lowest BCUT2D eigenvalue weighted by molar-refractivity contribution is -0.245. The van der Waals surface area contributed by atoms with Gasteiger partial charge in [0.25, 0.3) is 0 Å². The van der Waals surface area contributed by atoms with Gasteiger partial charge in [0, 0.05) is 20.8 Å². The molecule has 0 spiro atoms. The molecule has 0 radical (unpaired) electrons. The lowest BCUT2D eigenvalue weighted by Gasteiger charge is -2.39. The van der Waals surface area contributed by atoms with Crippen molar-refractivity contribution >= 4 is 40.5 Å². The van der Waals surface area contributed by atoms with Crippen LogP contribution < -0.4 is 4.74 Å². The molecule has 1 fully saturated rings. The molecule has 1 saturated heterocycles. The van der Waals surface area contributed by atoms with E-state index in [9.17, 15) is 14.4 Å². The fourth-order valence-electron chi connectivity index (χ4n) is 2.65. The second kappa shape index (κ2) is 9.88. The van der Waals surface area contributed by atoms with Crippen LogP contribution in [-0.2, 0) is 33.3 Å². The average Bonchev–Trinajstić information content (AvgIpc) is 2.56. The van der Waals surface area contributed by atoms with Crippen molar-refractivity contribution in [2.45, 2.75) is 51.8 Å². The van der Waals surface area contributed by atoms with E-state index in [1.807, 2.05) is 18.2 Å². The van der Waals surface area contributed by atoms with Gasteiger partial charge in [-0.1, -0.05) is 12.1 Å². The molecule has 0 unspecified atom stereocenters. The van der Waals surface area contributed by atoms with Crippen molar-refractivity contribution in [2.75, 3.05) is 6.61 Å². The highest BCUT2D eigenvalue weighted by Crippen LogP contribution is 2.30. The van der Waals surface area contributed by atoms with Gasteiger partial charge in [-0.15, -0.1) is 0 Å². The second-order valence-corrected chi connectivity index (χ2v) is 7.07. The van der Waals surface area contributed by atoms with E-state index in [4.69, 9.17) is 23.7 Å². The molecule has 0 saturated carbocycles. The van der Waals surface area contributed by atoms with Crippen molar-refractivity contribution in [1.29, 1.82) is 0 Å². The van der Waals surface area contributed by atoms with Crippen LogP contribution in [0.25, 0.3) is 0 Å². The molecule has 1 heterocycles. The van der Waals surface area contributed by atoms with Gasteiger partial charge < -0.3 is 23.7 Å². The minimum absolute atomic E-state index is 0.152. The third-order valence-electron chi connectivity index (χ3n) is 3.65. The quantitative estimate of drug-likeness (QED) is 0.339. The number of halogens is 1. The smallest absolute Gasteiger partial charge is 0.303 e. The van der Waals surface area contributed by atoms with Crippen LogP contribution in [0.2, 0.25) is 0 Å². The highest BCUT2D eigenvalue weighted by Gasteiger charge is 2.44. The maximum absolute atomic E-state index is 11.5. The van der Waals surface area contributed by atoms with E-state index < -0.39 is 42.5 Å². The zero-order valence-electron chi connectivity index (χ0n) is 15.2. The summed E-state index contributed by atoms with van der Waals surface area (Å²) in [5.74, 6) is -1.00. The fraction of sp³-hybridized carbons (Fsp3) is 0.500. The standard InChI is InChI=1S/C18H21IO8/c1-10(20)23-9-16-18(25-12(3)22)15(24-11(2)21)8-17(27-16)26-14-7-5-4-6-13(14)19/h4-7,15-18H,8-9H2,1-3H3/t15-,16-,17+,18-/m1/s1. The number of carbonyl (C=O) groups excluding carboxylic acids is 3. The van der Waals surface area contributed by atoms with E-state index in [1.165, 1.54) is 20.8 Å². The Balaban J connectivity index is 2.22. The molecule has 0 aromatic heterocycles. The number of ether oxygens (including phenoxy) is 5. The van der Waals surface area contributed by atoms with Gasteiger partial charge in [0.2, 0.25) is 6.29 Å². The van der Waals surface area contributed by atoms with E-state index in [2.05, 4.69) is 22.6 Å². The first-order valence-electron chi connectivity index (χ1n) is 8.30. The van der Waals surface area contributed by atoms with Crippen molar-refractivity contribution in [1.82, 2.24) is 0 Å². The molecule has 148 valence electrons. The van der Waals surface area contributed by atoms with Gasteiger partial charge in [-0.25, -0.2) is 0 Å². The fourth-order valence-corrected chi connectivity index (χ4v) is 3.17. The molecular formula is C18H21IO8. The molecule has 0 bridgehead atoms. The van der Waals surface area contributed by atoms with E-state index in [-0.39, 0.29) is 13.0 Å². The maximum atomic E-state index is 11.5. The van der Waals surface area contributed by atoms with Crippen molar-refractivity contribution in [2.24, 2.45) is 0 Å². The van der Waals surface area contributed by atoms with Crippen LogP contribution >= 0.6 is 22.6 Å². The third kappa shape index (κ3) is 6.65. The minimum Gasteiger partial charge on any atom is -0.464 e. The molecule has 0 amide bonds. The third-order valence-corrected chi connectivity index (χ3v) is 4.54. The van der Waals surface area contributed by atoms with E-state index in [0.717, 1.165) is 3.57 Å². The maximum Gasteiger partial charge on any atom is 0.303 e. The van der Waals surface area contributed by atoms with Gasteiger partial charge in [0.15, 0.2) is 6.10 Å².